The van der Waals surface area contributed by atoms with Crippen molar-refractivity contribution in [2.75, 3.05) is 28.6 Å². The van der Waals surface area contributed by atoms with Gasteiger partial charge in [0.25, 0.3) is 5.91 Å². The quantitative estimate of drug-likeness (QED) is 0.434. The lowest BCUT2D eigenvalue weighted by atomic mass is 10.1. The second kappa shape index (κ2) is 10.9. The van der Waals surface area contributed by atoms with Crippen molar-refractivity contribution in [1.82, 2.24) is 5.32 Å². The van der Waals surface area contributed by atoms with Crippen LogP contribution in [0.5, 0.6) is 0 Å². The first-order valence-corrected chi connectivity index (χ1v) is 11.9. The van der Waals surface area contributed by atoms with Crippen LogP contribution >= 0.6 is 0 Å². The van der Waals surface area contributed by atoms with E-state index in [4.69, 9.17) is 0 Å². The van der Waals surface area contributed by atoms with Crippen LogP contribution in [0.25, 0.3) is 0 Å². The molecule has 1 fully saturated rings. The van der Waals surface area contributed by atoms with Gasteiger partial charge in [-0.3, -0.25) is 4.79 Å². The van der Waals surface area contributed by atoms with Gasteiger partial charge in [0.2, 0.25) is 0 Å². The van der Waals surface area contributed by atoms with Gasteiger partial charge in [0, 0.05) is 36.7 Å². The van der Waals surface area contributed by atoms with Crippen molar-refractivity contribution in [2.24, 2.45) is 0 Å². The molecule has 3 aromatic carbocycles. The first-order chi connectivity index (χ1) is 16.5. The molecule has 0 unspecified atom stereocenters. The summed E-state index contributed by atoms with van der Waals surface area (Å²) in [6, 6.07) is 20.9. The summed E-state index contributed by atoms with van der Waals surface area (Å²) in [5, 5.41) is 8.83. The molecule has 1 aliphatic rings. The predicted octanol–water partition coefficient (Wildman–Crippen LogP) is 5.87. The van der Waals surface area contributed by atoms with Gasteiger partial charge in [-0.1, -0.05) is 42.5 Å². The molecule has 34 heavy (non-hydrogen) atoms. The summed E-state index contributed by atoms with van der Waals surface area (Å²) in [6.07, 6.45) is 3.44. The highest BCUT2D eigenvalue weighted by Crippen LogP contribution is 2.28. The number of carbonyl (C=O) groups is 2. The van der Waals surface area contributed by atoms with E-state index in [1.807, 2.05) is 74.5 Å². The van der Waals surface area contributed by atoms with Crippen molar-refractivity contribution in [3.05, 3.63) is 89.0 Å². The van der Waals surface area contributed by atoms with Crippen molar-refractivity contribution >= 4 is 29.0 Å². The van der Waals surface area contributed by atoms with Crippen LogP contribution in [0.3, 0.4) is 0 Å². The number of piperidine rings is 1. The average molecular weight is 457 g/mol. The summed E-state index contributed by atoms with van der Waals surface area (Å²) in [4.78, 5) is 28.2. The summed E-state index contributed by atoms with van der Waals surface area (Å²) >= 11 is 0. The molecule has 0 aliphatic carbocycles. The largest absolute Gasteiger partial charge is 0.371 e. The maximum atomic E-state index is 13.2. The fourth-order valence-corrected chi connectivity index (χ4v) is 4.25. The number of rotatable bonds is 6. The summed E-state index contributed by atoms with van der Waals surface area (Å²) in [5.41, 5.74) is 6.00. The van der Waals surface area contributed by atoms with Gasteiger partial charge in [-0.15, -0.1) is 0 Å². The van der Waals surface area contributed by atoms with E-state index in [1.54, 1.807) is 6.07 Å². The van der Waals surface area contributed by atoms with E-state index in [0.717, 1.165) is 54.0 Å². The van der Waals surface area contributed by atoms with Crippen LogP contribution in [0, 0.1) is 13.8 Å². The van der Waals surface area contributed by atoms with E-state index in [-0.39, 0.29) is 11.9 Å². The van der Waals surface area contributed by atoms with Crippen molar-refractivity contribution in [2.45, 2.75) is 39.7 Å². The number of urea groups is 1. The predicted molar refractivity (Wildman–Crippen MR) is 139 cm³/mol. The fourth-order valence-electron chi connectivity index (χ4n) is 4.25. The summed E-state index contributed by atoms with van der Waals surface area (Å²) in [7, 11) is 0. The molecule has 4 rings (SSSR count). The maximum Gasteiger partial charge on any atom is 0.323 e. The van der Waals surface area contributed by atoms with E-state index >= 15 is 0 Å². The van der Waals surface area contributed by atoms with E-state index < -0.39 is 0 Å². The van der Waals surface area contributed by atoms with Gasteiger partial charge in [-0.25, -0.2) is 4.79 Å². The highest BCUT2D eigenvalue weighted by atomic mass is 16.2. The highest BCUT2D eigenvalue weighted by Gasteiger charge is 2.20. The molecule has 0 spiro atoms. The molecule has 176 valence electrons. The summed E-state index contributed by atoms with van der Waals surface area (Å²) in [6.45, 7) is 6.30. The molecular formula is C28H32N4O2. The van der Waals surface area contributed by atoms with Gasteiger partial charge in [0.15, 0.2) is 0 Å². The van der Waals surface area contributed by atoms with Gasteiger partial charge in [0.1, 0.15) is 0 Å². The Morgan fingerprint density at radius 2 is 1.62 bits per heavy atom. The molecular weight excluding hydrogens is 424 g/mol. The molecule has 1 heterocycles. The normalized spacial score (nSPS) is 13.3. The number of aryl methyl sites for hydroxylation is 1. The Labute approximate surface area is 201 Å². The topological polar surface area (TPSA) is 73.5 Å². The summed E-state index contributed by atoms with van der Waals surface area (Å²) < 4.78 is 0. The lowest BCUT2D eigenvalue weighted by molar-refractivity contribution is 0.0951. The number of hydrogen-bond acceptors (Lipinski definition) is 3. The third-order valence-electron chi connectivity index (χ3n) is 6.34. The van der Waals surface area contributed by atoms with Gasteiger partial charge in [-0.2, -0.15) is 0 Å². The zero-order valence-electron chi connectivity index (χ0n) is 19.9. The summed E-state index contributed by atoms with van der Waals surface area (Å²) in [5.74, 6) is -0.150. The van der Waals surface area contributed by atoms with E-state index in [0.29, 0.717) is 17.8 Å². The van der Waals surface area contributed by atoms with Crippen LogP contribution in [0.1, 0.15) is 46.3 Å². The molecule has 3 amide bonds. The Bertz CT molecular complexity index is 1150. The lowest BCUT2D eigenvalue weighted by Gasteiger charge is -2.30. The molecule has 0 radical (unpaired) electrons. The minimum absolute atomic E-state index is 0.150. The highest BCUT2D eigenvalue weighted by molar-refractivity contribution is 6.04. The minimum atomic E-state index is -0.338. The molecule has 0 saturated carbocycles. The van der Waals surface area contributed by atoms with Crippen molar-refractivity contribution < 1.29 is 9.59 Å². The molecule has 0 aromatic heterocycles. The Balaban J connectivity index is 1.53. The molecule has 1 saturated heterocycles. The molecule has 0 bridgehead atoms. The van der Waals surface area contributed by atoms with Crippen LogP contribution in [-0.2, 0) is 6.54 Å². The zero-order chi connectivity index (χ0) is 23.9. The zero-order valence-corrected chi connectivity index (χ0v) is 19.9. The van der Waals surface area contributed by atoms with E-state index in [9.17, 15) is 9.59 Å². The smallest absolute Gasteiger partial charge is 0.323 e. The van der Waals surface area contributed by atoms with Crippen LogP contribution in [0.2, 0.25) is 0 Å². The molecule has 0 atom stereocenters. The van der Waals surface area contributed by atoms with Crippen molar-refractivity contribution in [3.63, 3.8) is 0 Å². The SMILES string of the molecule is Cc1cccc(NC(=O)Nc2ccc(N3CCCCC3)c(C(=O)NCc3ccccc3)c2)c1C. The first-order valence-electron chi connectivity index (χ1n) is 11.9. The fraction of sp³-hybridized carbons (Fsp3) is 0.286. The van der Waals surface area contributed by atoms with Crippen LogP contribution in [-0.4, -0.2) is 25.0 Å². The van der Waals surface area contributed by atoms with Crippen molar-refractivity contribution in [3.8, 4) is 0 Å². The van der Waals surface area contributed by atoms with Crippen LogP contribution < -0.4 is 20.9 Å². The Hall–Kier alpha value is -3.80. The molecule has 1 aliphatic heterocycles. The number of nitrogens with zero attached hydrogens (tertiary/aromatic N) is 1. The Morgan fingerprint density at radius 1 is 0.853 bits per heavy atom. The number of hydrogen-bond donors (Lipinski definition) is 3. The van der Waals surface area contributed by atoms with Gasteiger partial charge in [0.05, 0.1) is 5.56 Å². The van der Waals surface area contributed by atoms with Crippen molar-refractivity contribution in [1.29, 1.82) is 0 Å². The molecule has 6 heteroatoms. The van der Waals surface area contributed by atoms with Crippen LogP contribution in [0.4, 0.5) is 21.9 Å². The molecule has 3 aromatic rings. The maximum absolute atomic E-state index is 13.2. The number of benzene rings is 3. The van der Waals surface area contributed by atoms with E-state index in [2.05, 4.69) is 20.9 Å². The number of carbonyl (C=O) groups excluding carboxylic acids is 2. The van der Waals surface area contributed by atoms with E-state index in [1.165, 1.54) is 6.42 Å². The second-order valence-corrected chi connectivity index (χ2v) is 8.77. The van der Waals surface area contributed by atoms with Gasteiger partial charge >= 0.3 is 6.03 Å². The van der Waals surface area contributed by atoms with Crippen LogP contribution in [0.15, 0.2) is 66.7 Å². The third kappa shape index (κ3) is 5.76. The minimum Gasteiger partial charge on any atom is -0.371 e. The number of amides is 3. The van der Waals surface area contributed by atoms with Gasteiger partial charge < -0.3 is 20.9 Å². The monoisotopic (exact) mass is 456 g/mol. The second-order valence-electron chi connectivity index (χ2n) is 8.77. The third-order valence-corrected chi connectivity index (χ3v) is 6.34. The average Bonchev–Trinajstić information content (AvgIpc) is 2.86. The number of anilines is 3. The Morgan fingerprint density at radius 3 is 2.38 bits per heavy atom. The molecule has 6 nitrogen and oxygen atoms in total. The Kier molecular flexibility index (Phi) is 7.48. The standard InChI is InChI=1S/C28H32N4O2/c1-20-10-9-13-25(21(20)2)31-28(34)30-23-14-15-26(32-16-7-4-8-17-32)24(18-23)27(33)29-19-22-11-5-3-6-12-22/h3,5-6,9-15,18H,4,7-8,16-17,19H2,1-2H3,(H,29,33)(H2,30,31,34). The first kappa shape index (κ1) is 23.4. The van der Waals surface area contributed by atoms with Gasteiger partial charge in [-0.05, 0) is 74.1 Å². The lowest BCUT2D eigenvalue weighted by Crippen LogP contribution is -2.33. The number of nitrogens with one attached hydrogen (secondary N) is 3. The molecule has 3 N–H and O–H groups in total.